The van der Waals surface area contributed by atoms with Crippen molar-refractivity contribution in [3.05, 3.63) is 47.1 Å². The highest BCUT2D eigenvalue weighted by molar-refractivity contribution is 6.30. The normalized spacial score (nSPS) is 16.6. The first-order chi connectivity index (χ1) is 9.15. The van der Waals surface area contributed by atoms with Gasteiger partial charge >= 0.3 is 0 Å². The van der Waals surface area contributed by atoms with Crippen molar-refractivity contribution >= 4 is 11.6 Å². The van der Waals surface area contributed by atoms with Crippen molar-refractivity contribution in [3.8, 4) is 0 Å². The maximum absolute atomic E-state index is 5.89. The molecule has 0 aromatic heterocycles. The van der Waals surface area contributed by atoms with Gasteiger partial charge in [0.1, 0.15) is 0 Å². The van der Waals surface area contributed by atoms with Crippen molar-refractivity contribution in [1.29, 1.82) is 0 Å². The highest BCUT2D eigenvalue weighted by Crippen LogP contribution is 2.12. The molecule has 2 nitrogen and oxygen atoms in total. The standard InChI is InChI=1S/C16H23ClN2/c1-14(2)19-12-10-18(11-13-19)9-3-4-15-5-7-16(17)8-6-15/h5-8H,1,3-4,9-13H2,2H3. The van der Waals surface area contributed by atoms with Gasteiger partial charge in [0.15, 0.2) is 0 Å². The van der Waals surface area contributed by atoms with E-state index in [1.807, 2.05) is 12.1 Å². The molecule has 1 fully saturated rings. The molecule has 0 N–H and O–H groups in total. The van der Waals surface area contributed by atoms with Crippen LogP contribution in [-0.2, 0) is 6.42 Å². The lowest BCUT2D eigenvalue weighted by Crippen LogP contribution is -2.45. The van der Waals surface area contributed by atoms with Crippen molar-refractivity contribution in [3.63, 3.8) is 0 Å². The second kappa shape index (κ2) is 6.97. The number of hydrogen-bond donors (Lipinski definition) is 0. The SMILES string of the molecule is C=C(C)N1CCN(CCCc2ccc(Cl)cc2)CC1. The minimum absolute atomic E-state index is 0.819. The van der Waals surface area contributed by atoms with Gasteiger partial charge in [-0.2, -0.15) is 0 Å². The summed E-state index contributed by atoms with van der Waals surface area (Å²) in [7, 11) is 0. The van der Waals surface area contributed by atoms with Gasteiger partial charge in [-0.1, -0.05) is 30.3 Å². The Morgan fingerprint density at radius 3 is 2.37 bits per heavy atom. The molecule has 0 radical (unpaired) electrons. The zero-order valence-electron chi connectivity index (χ0n) is 11.7. The number of rotatable bonds is 5. The molecule has 2 rings (SSSR count). The minimum atomic E-state index is 0.819. The average molecular weight is 279 g/mol. The monoisotopic (exact) mass is 278 g/mol. The summed E-state index contributed by atoms with van der Waals surface area (Å²) in [5.41, 5.74) is 2.57. The number of piperazine rings is 1. The van der Waals surface area contributed by atoms with Crippen LogP contribution >= 0.6 is 11.6 Å². The molecule has 0 unspecified atom stereocenters. The van der Waals surface area contributed by atoms with Crippen molar-refractivity contribution in [2.24, 2.45) is 0 Å². The molecule has 0 spiro atoms. The molecule has 1 aromatic carbocycles. The molecule has 0 saturated carbocycles. The molecular weight excluding hydrogens is 256 g/mol. The maximum Gasteiger partial charge on any atom is 0.0406 e. The molecule has 0 amide bonds. The van der Waals surface area contributed by atoms with Crippen LogP contribution in [-0.4, -0.2) is 42.5 Å². The minimum Gasteiger partial charge on any atom is -0.373 e. The number of hydrogen-bond acceptors (Lipinski definition) is 2. The third kappa shape index (κ3) is 4.55. The lowest BCUT2D eigenvalue weighted by atomic mass is 10.1. The molecule has 3 heteroatoms. The molecule has 19 heavy (non-hydrogen) atoms. The summed E-state index contributed by atoms with van der Waals surface area (Å²) in [5, 5.41) is 0.819. The maximum atomic E-state index is 5.89. The number of allylic oxidation sites excluding steroid dienone is 1. The van der Waals surface area contributed by atoms with Crippen LogP contribution in [0, 0.1) is 0 Å². The van der Waals surface area contributed by atoms with E-state index in [4.69, 9.17) is 11.6 Å². The Labute approximate surface area is 121 Å². The molecule has 104 valence electrons. The quantitative estimate of drug-likeness (QED) is 0.814. The summed E-state index contributed by atoms with van der Waals surface area (Å²) in [6.45, 7) is 11.9. The Bertz CT molecular complexity index is 405. The zero-order chi connectivity index (χ0) is 13.7. The lowest BCUT2D eigenvalue weighted by Gasteiger charge is -2.36. The van der Waals surface area contributed by atoms with E-state index in [1.54, 1.807) is 0 Å². The number of aryl methyl sites for hydroxylation is 1. The van der Waals surface area contributed by atoms with Gasteiger partial charge in [-0.05, 0) is 44.0 Å². The van der Waals surface area contributed by atoms with Gasteiger partial charge in [0.05, 0.1) is 0 Å². The van der Waals surface area contributed by atoms with Crippen LogP contribution in [0.3, 0.4) is 0 Å². The molecule has 1 aliphatic heterocycles. The smallest absolute Gasteiger partial charge is 0.0406 e. The van der Waals surface area contributed by atoms with Crippen molar-refractivity contribution < 1.29 is 0 Å². The fourth-order valence-electron chi connectivity index (χ4n) is 2.51. The van der Waals surface area contributed by atoms with E-state index in [1.165, 1.54) is 24.2 Å². The molecule has 1 aliphatic rings. The first-order valence-corrected chi connectivity index (χ1v) is 7.40. The predicted molar refractivity (Wildman–Crippen MR) is 82.6 cm³/mol. The van der Waals surface area contributed by atoms with Crippen LogP contribution in [0.15, 0.2) is 36.5 Å². The molecular formula is C16H23ClN2. The summed E-state index contributed by atoms with van der Waals surface area (Å²) < 4.78 is 0. The zero-order valence-corrected chi connectivity index (χ0v) is 12.5. The third-order valence-electron chi connectivity index (χ3n) is 3.77. The summed E-state index contributed by atoms with van der Waals surface area (Å²) >= 11 is 5.89. The van der Waals surface area contributed by atoms with Crippen LogP contribution in [0.2, 0.25) is 5.02 Å². The highest BCUT2D eigenvalue weighted by atomic mass is 35.5. The molecule has 1 aromatic rings. The second-order valence-corrected chi connectivity index (χ2v) is 5.73. The molecule has 0 atom stereocenters. The lowest BCUT2D eigenvalue weighted by molar-refractivity contribution is 0.158. The number of halogens is 1. The van der Waals surface area contributed by atoms with E-state index >= 15 is 0 Å². The van der Waals surface area contributed by atoms with Gasteiger partial charge in [0.2, 0.25) is 0 Å². The van der Waals surface area contributed by atoms with Crippen LogP contribution in [0.4, 0.5) is 0 Å². The van der Waals surface area contributed by atoms with Crippen molar-refractivity contribution in [1.82, 2.24) is 9.80 Å². The summed E-state index contributed by atoms with van der Waals surface area (Å²) in [6, 6.07) is 8.20. The van der Waals surface area contributed by atoms with E-state index in [9.17, 15) is 0 Å². The number of benzene rings is 1. The predicted octanol–water partition coefficient (Wildman–Crippen LogP) is 3.42. The Balaban J connectivity index is 1.67. The summed E-state index contributed by atoms with van der Waals surface area (Å²) in [6.07, 6.45) is 2.35. The topological polar surface area (TPSA) is 6.48 Å². The van der Waals surface area contributed by atoms with Crippen LogP contribution in [0.1, 0.15) is 18.9 Å². The fourth-order valence-corrected chi connectivity index (χ4v) is 2.64. The Kier molecular flexibility index (Phi) is 5.29. The Morgan fingerprint density at radius 2 is 1.79 bits per heavy atom. The molecule has 0 bridgehead atoms. The fraction of sp³-hybridized carbons (Fsp3) is 0.500. The van der Waals surface area contributed by atoms with Gasteiger partial charge in [-0.3, -0.25) is 4.90 Å². The first kappa shape index (κ1) is 14.4. The summed E-state index contributed by atoms with van der Waals surface area (Å²) in [5.74, 6) is 0. The van der Waals surface area contributed by atoms with Crippen molar-refractivity contribution in [2.75, 3.05) is 32.7 Å². The van der Waals surface area contributed by atoms with Crippen molar-refractivity contribution in [2.45, 2.75) is 19.8 Å². The second-order valence-electron chi connectivity index (χ2n) is 5.29. The van der Waals surface area contributed by atoms with Crippen LogP contribution in [0.25, 0.3) is 0 Å². The van der Waals surface area contributed by atoms with Gasteiger partial charge in [0, 0.05) is 36.9 Å². The highest BCUT2D eigenvalue weighted by Gasteiger charge is 2.15. The van der Waals surface area contributed by atoms with Gasteiger partial charge in [-0.15, -0.1) is 0 Å². The molecule has 1 heterocycles. The van der Waals surface area contributed by atoms with Crippen LogP contribution in [0.5, 0.6) is 0 Å². The Hall–Kier alpha value is -0.990. The molecule has 1 saturated heterocycles. The third-order valence-corrected chi connectivity index (χ3v) is 4.02. The Morgan fingerprint density at radius 1 is 1.16 bits per heavy atom. The van der Waals surface area contributed by atoms with Gasteiger partial charge < -0.3 is 4.90 Å². The number of nitrogens with zero attached hydrogens (tertiary/aromatic N) is 2. The van der Waals surface area contributed by atoms with Gasteiger partial charge in [0.25, 0.3) is 0 Å². The van der Waals surface area contributed by atoms with E-state index in [0.29, 0.717) is 0 Å². The van der Waals surface area contributed by atoms with E-state index in [0.717, 1.165) is 37.6 Å². The van der Waals surface area contributed by atoms with E-state index in [2.05, 4.69) is 35.4 Å². The molecule has 0 aliphatic carbocycles. The average Bonchev–Trinajstić information content (AvgIpc) is 2.41. The van der Waals surface area contributed by atoms with E-state index in [-0.39, 0.29) is 0 Å². The van der Waals surface area contributed by atoms with E-state index < -0.39 is 0 Å². The summed E-state index contributed by atoms with van der Waals surface area (Å²) in [4.78, 5) is 4.92. The van der Waals surface area contributed by atoms with Crippen LogP contribution < -0.4 is 0 Å². The first-order valence-electron chi connectivity index (χ1n) is 7.02. The largest absolute Gasteiger partial charge is 0.373 e. The van der Waals surface area contributed by atoms with Gasteiger partial charge in [-0.25, -0.2) is 0 Å².